The summed E-state index contributed by atoms with van der Waals surface area (Å²) in [6, 6.07) is 6.99. The average molecular weight is 293 g/mol. The smallest absolute Gasteiger partial charge is 0.207 e. The summed E-state index contributed by atoms with van der Waals surface area (Å²) in [7, 11) is -3.58. The van der Waals surface area contributed by atoms with Gasteiger partial charge in [0.1, 0.15) is 0 Å². The number of hydrogen-bond donors (Lipinski definition) is 1. The fourth-order valence-electron chi connectivity index (χ4n) is 2.07. The van der Waals surface area contributed by atoms with Gasteiger partial charge in [-0.25, -0.2) is 8.42 Å². The van der Waals surface area contributed by atoms with Crippen LogP contribution in [0.5, 0.6) is 0 Å². The van der Waals surface area contributed by atoms with E-state index in [1.54, 1.807) is 12.1 Å². The molecular weight excluding hydrogens is 270 g/mol. The summed E-state index contributed by atoms with van der Waals surface area (Å²) in [5, 5.41) is 0. The first kappa shape index (κ1) is 16.7. The van der Waals surface area contributed by atoms with Gasteiger partial charge in [0.15, 0.2) is 0 Å². The fraction of sp³-hybridized carbons (Fsp3) is 0.500. The van der Waals surface area contributed by atoms with Crippen LogP contribution in [0.2, 0.25) is 0 Å². The van der Waals surface area contributed by atoms with Crippen LogP contribution in [0.4, 0.5) is 0 Å². The molecule has 0 aliphatic rings. The molecule has 0 aliphatic heterocycles. The van der Waals surface area contributed by atoms with Gasteiger partial charge in [0.2, 0.25) is 10.0 Å². The third kappa shape index (κ3) is 3.84. The molecule has 0 heterocycles. The molecule has 4 heteroatoms. The SMILES string of the molecule is C#CC(CC)(CC)NS(=O)(=O)c1ccc(CCC)cc1. The van der Waals surface area contributed by atoms with Crippen molar-refractivity contribution in [3.63, 3.8) is 0 Å². The van der Waals surface area contributed by atoms with Crippen LogP contribution < -0.4 is 4.72 Å². The van der Waals surface area contributed by atoms with Crippen LogP contribution in [0.15, 0.2) is 29.2 Å². The van der Waals surface area contributed by atoms with E-state index in [1.807, 2.05) is 26.0 Å². The third-order valence-electron chi connectivity index (χ3n) is 3.59. The minimum Gasteiger partial charge on any atom is -0.207 e. The monoisotopic (exact) mass is 293 g/mol. The molecule has 0 spiro atoms. The van der Waals surface area contributed by atoms with Gasteiger partial charge < -0.3 is 0 Å². The molecule has 1 N–H and O–H groups in total. The topological polar surface area (TPSA) is 46.2 Å². The van der Waals surface area contributed by atoms with Crippen LogP contribution in [0, 0.1) is 12.3 Å². The van der Waals surface area contributed by atoms with Gasteiger partial charge >= 0.3 is 0 Å². The highest BCUT2D eigenvalue weighted by atomic mass is 32.2. The highest BCUT2D eigenvalue weighted by Gasteiger charge is 2.29. The van der Waals surface area contributed by atoms with Crippen LogP contribution in [-0.4, -0.2) is 14.0 Å². The van der Waals surface area contributed by atoms with Crippen molar-refractivity contribution in [1.29, 1.82) is 0 Å². The predicted octanol–water partition coefficient (Wildman–Crippen LogP) is 3.11. The molecule has 0 saturated carbocycles. The van der Waals surface area contributed by atoms with Crippen molar-refractivity contribution >= 4 is 10.0 Å². The number of rotatable bonds is 7. The Hall–Kier alpha value is -1.31. The highest BCUT2D eigenvalue weighted by molar-refractivity contribution is 7.89. The standard InChI is InChI=1S/C16H23NO2S/c1-5-9-14-10-12-15(13-11-14)20(18,19)17-16(6-2,7-3)8-4/h2,10-13,17H,5,7-9H2,1,3-4H3. The van der Waals surface area contributed by atoms with Crippen LogP contribution >= 0.6 is 0 Å². The molecule has 20 heavy (non-hydrogen) atoms. The summed E-state index contributed by atoms with van der Waals surface area (Å²) >= 11 is 0. The Labute approximate surface area is 122 Å². The Balaban J connectivity index is 3.02. The van der Waals surface area contributed by atoms with Gasteiger partial charge in [-0.1, -0.05) is 45.2 Å². The van der Waals surface area contributed by atoms with Crippen LogP contribution in [0.1, 0.15) is 45.6 Å². The van der Waals surface area contributed by atoms with E-state index in [4.69, 9.17) is 6.42 Å². The van der Waals surface area contributed by atoms with Gasteiger partial charge in [0.05, 0.1) is 10.4 Å². The Morgan fingerprint density at radius 3 is 2.10 bits per heavy atom. The molecule has 1 aromatic rings. The van der Waals surface area contributed by atoms with E-state index in [0.717, 1.165) is 18.4 Å². The summed E-state index contributed by atoms with van der Waals surface area (Å²) in [5.74, 6) is 2.58. The zero-order valence-corrected chi connectivity index (χ0v) is 13.3. The number of benzene rings is 1. The largest absolute Gasteiger partial charge is 0.241 e. The van der Waals surface area contributed by atoms with E-state index in [2.05, 4.69) is 17.6 Å². The normalized spacial score (nSPS) is 12.1. The van der Waals surface area contributed by atoms with E-state index in [-0.39, 0.29) is 4.90 Å². The molecule has 0 saturated heterocycles. The van der Waals surface area contributed by atoms with Crippen molar-refractivity contribution in [1.82, 2.24) is 4.72 Å². The second kappa shape index (κ2) is 6.92. The molecule has 1 aromatic carbocycles. The lowest BCUT2D eigenvalue weighted by Crippen LogP contribution is -2.46. The first-order valence-electron chi connectivity index (χ1n) is 7.03. The quantitative estimate of drug-likeness (QED) is 0.785. The molecule has 0 bridgehead atoms. The van der Waals surface area contributed by atoms with E-state index in [0.29, 0.717) is 12.8 Å². The molecule has 0 aromatic heterocycles. The number of terminal acetylenes is 1. The Morgan fingerprint density at radius 1 is 1.15 bits per heavy atom. The third-order valence-corrected chi connectivity index (χ3v) is 5.14. The summed E-state index contributed by atoms with van der Waals surface area (Å²) in [6.07, 6.45) is 8.61. The minimum atomic E-state index is -3.58. The second-order valence-electron chi connectivity index (χ2n) is 4.93. The molecule has 0 unspecified atom stereocenters. The molecule has 0 fully saturated rings. The van der Waals surface area contributed by atoms with Crippen molar-refractivity contribution in [2.45, 2.75) is 56.9 Å². The van der Waals surface area contributed by atoms with Crippen molar-refractivity contribution < 1.29 is 8.42 Å². The maximum Gasteiger partial charge on any atom is 0.241 e. The molecule has 3 nitrogen and oxygen atoms in total. The van der Waals surface area contributed by atoms with Crippen LogP contribution in [-0.2, 0) is 16.4 Å². The summed E-state index contributed by atoms with van der Waals surface area (Å²) in [4.78, 5) is 0.263. The average Bonchev–Trinajstić information content (AvgIpc) is 2.46. The Kier molecular flexibility index (Phi) is 5.79. The van der Waals surface area contributed by atoms with Crippen molar-refractivity contribution in [3.8, 4) is 12.3 Å². The van der Waals surface area contributed by atoms with Gasteiger partial charge in [-0.05, 0) is 37.0 Å². The molecule has 110 valence electrons. The minimum absolute atomic E-state index is 0.263. The molecule has 0 aliphatic carbocycles. The number of hydrogen-bond acceptors (Lipinski definition) is 2. The van der Waals surface area contributed by atoms with E-state index >= 15 is 0 Å². The maximum absolute atomic E-state index is 12.4. The van der Waals surface area contributed by atoms with E-state index in [1.165, 1.54) is 0 Å². The summed E-state index contributed by atoms with van der Waals surface area (Å²) < 4.78 is 27.4. The van der Waals surface area contributed by atoms with Gasteiger partial charge in [-0.3, -0.25) is 0 Å². The molecule has 0 atom stereocenters. The van der Waals surface area contributed by atoms with Crippen molar-refractivity contribution in [2.24, 2.45) is 0 Å². The van der Waals surface area contributed by atoms with E-state index < -0.39 is 15.6 Å². The van der Waals surface area contributed by atoms with Crippen molar-refractivity contribution in [3.05, 3.63) is 29.8 Å². The lowest BCUT2D eigenvalue weighted by Gasteiger charge is -2.26. The molecule has 0 amide bonds. The first-order valence-corrected chi connectivity index (χ1v) is 8.52. The Bertz CT molecular complexity index is 563. The van der Waals surface area contributed by atoms with Crippen LogP contribution in [0.25, 0.3) is 0 Å². The summed E-state index contributed by atoms with van der Waals surface area (Å²) in [5.41, 5.74) is 0.335. The number of nitrogens with one attached hydrogen (secondary N) is 1. The van der Waals surface area contributed by atoms with Crippen LogP contribution in [0.3, 0.4) is 0 Å². The Morgan fingerprint density at radius 2 is 1.70 bits per heavy atom. The highest BCUT2D eigenvalue weighted by Crippen LogP contribution is 2.19. The number of aryl methyl sites for hydroxylation is 1. The predicted molar refractivity (Wildman–Crippen MR) is 82.9 cm³/mol. The van der Waals surface area contributed by atoms with E-state index in [9.17, 15) is 8.42 Å². The van der Waals surface area contributed by atoms with Gasteiger partial charge in [0, 0.05) is 0 Å². The lowest BCUT2D eigenvalue weighted by atomic mass is 9.96. The van der Waals surface area contributed by atoms with Crippen molar-refractivity contribution in [2.75, 3.05) is 0 Å². The molecule has 0 radical (unpaired) electrons. The second-order valence-corrected chi connectivity index (χ2v) is 6.62. The zero-order valence-electron chi connectivity index (χ0n) is 12.4. The van der Waals surface area contributed by atoms with Gasteiger partial charge in [0.25, 0.3) is 0 Å². The lowest BCUT2D eigenvalue weighted by molar-refractivity contribution is 0.451. The molecular formula is C16H23NO2S. The van der Waals surface area contributed by atoms with Gasteiger partial charge in [-0.15, -0.1) is 6.42 Å². The summed E-state index contributed by atoms with van der Waals surface area (Å²) in [6.45, 7) is 5.86. The van der Waals surface area contributed by atoms with Gasteiger partial charge in [-0.2, -0.15) is 4.72 Å². The number of sulfonamides is 1. The zero-order chi connectivity index (χ0) is 15.2. The first-order chi connectivity index (χ1) is 9.43. The maximum atomic E-state index is 12.4. The molecule has 1 rings (SSSR count). The fourth-order valence-corrected chi connectivity index (χ4v) is 3.54.